The SMILES string of the molecule is CC(CCl)(CCl)NCc1cncc(Br)c1. The summed E-state index contributed by atoms with van der Waals surface area (Å²) in [6, 6.07) is 2.02. The molecule has 0 aliphatic rings. The van der Waals surface area contributed by atoms with Gasteiger partial charge in [-0.1, -0.05) is 0 Å². The summed E-state index contributed by atoms with van der Waals surface area (Å²) in [5.74, 6) is 0.968. The van der Waals surface area contributed by atoms with Crippen molar-refractivity contribution in [3.05, 3.63) is 28.5 Å². The van der Waals surface area contributed by atoms with E-state index in [-0.39, 0.29) is 5.54 Å². The van der Waals surface area contributed by atoms with Gasteiger partial charge in [-0.05, 0) is 34.5 Å². The monoisotopic (exact) mass is 310 g/mol. The zero-order valence-electron chi connectivity index (χ0n) is 8.43. The summed E-state index contributed by atoms with van der Waals surface area (Å²) in [5, 5.41) is 3.31. The minimum Gasteiger partial charge on any atom is -0.305 e. The Morgan fingerprint density at radius 1 is 1.40 bits per heavy atom. The first-order chi connectivity index (χ1) is 7.09. The van der Waals surface area contributed by atoms with Crippen molar-refractivity contribution in [2.45, 2.75) is 19.0 Å². The number of hydrogen-bond donors (Lipinski definition) is 1. The highest BCUT2D eigenvalue weighted by atomic mass is 79.9. The summed E-state index contributed by atoms with van der Waals surface area (Å²) < 4.78 is 0.972. The lowest BCUT2D eigenvalue weighted by atomic mass is 10.1. The summed E-state index contributed by atoms with van der Waals surface area (Å²) >= 11 is 15.0. The van der Waals surface area contributed by atoms with Gasteiger partial charge in [0.25, 0.3) is 0 Å². The van der Waals surface area contributed by atoms with Crippen LogP contribution in [0.25, 0.3) is 0 Å². The van der Waals surface area contributed by atoms with Crippen molar-refractivity contribution in [2.75, 3.05) is 11.8 Å². The second-order valence-electron chi connectivity index (χ2n) is 3.69. The van der Waals surface area contributed by atoms with Crippen molar-refractivity contribution in [2.24, 2.45) is 0 Å². The Labute approximate surface area is 108 Å². The summed E-state index contributed by atoms with van der Waals surface area (Å²) in [6.45, 7) is 2.71. The van der Waals surface area contributed by atoms with Gasteiger partial charge in [-0.3, -0.25) is 4.98 Å². The van der Waals surface area contributed by atoms with Crippen LogP contribution in [-0.2, 0) is 6.54 Å². The molecule has 5 heteroatoms. The molecule has 0 unspecified atom stereocenters. The van der Waals surface area contributed by atoms with E-state index in [1.165, 1.54) is 0 Å². The molecular weight excluding hydrogens is 299 g/mol. The normalized spacial score (nSPS) is 11.7. The van der Waals surface area contributed by atoms with Crippen molar-refractivity contribution >= 4 is 39.1 Å². The van der Waals surface area contributed by atoms with Gasteiger partial charge in [0, 0.05) is 40.7 Å². The van der Waals surface area contributed by atoms with E-state index < -0.39 is 0 Å². The number of nitrogens with zero attached hydrogens (tertiary/aromatic N) is 1. The number of alkyl halides is 2. The lowest BCUT2D eigenvalue weighted by molar-refractivity contribution is 0.434. The Hall–Kier alpha value is 0.170. The smallest absolute Gasteiger partial charge is 0.0427 e. The third-order valence-corrected chi connectivity index (χ3v) is 3.68. The molecule has 0 aromatic carbocycles. The highest BCUT2D eigenvalue weighted by Gasteiger charge is 2.20. The van der Waals surface area contributed by atoms with E-state index in [0.29, 0.717) is 18.3 Å². The summed E-state index contributed by atoms with van der Waals surface area (Å²) in [7, 11) is 0. The molecule has 0 aliphatic heterocycles. The van der Waals surface area contributed by atoms with Crippen LogP contribution >= 0.6 is 39.1 Å². The van der Waals surface area contributed by atoms with Crippen LogP contribution in [0, 0.1) is 0 Å². The van der Waals surface area contributed by atoms with E-state index in [4.69, 9.17) is 23.2 Å². The van der Waals surface area contributed by atoms with E-state index in [9.17, 15) is 0 Å². The number of hydrogen-bond acceptors (Lipinski definition) is 2. The average molecular weight is 312 g/mol. The fraction of sp³-hybridized carbons (Fsp3) is 0.500. The minimum atomic E-state index is -0.231. The zero-order chi connectivity index (χ0) is 11.3. The molecule has 84 valence electrons. The number of pyridine rings is 1. The zero-order valence-corrected chi connectivity index (χ0v) is 11.5. The van der Waals surface area contributed by atoms with E-state index >= 15 is 0 Å². The standard InChI is InChI=1S/C10H13BrCl2N2/c1-10(6-12,7-13)15-4-8-2-9(11)5-14-3-8/h2-3,5,15H,4,6-7H2,1H3. The van der Waals surface area contributed by atoms with Crippen LogP contribution in [0.4, 0.5) is 0 Å². The lowest BCUT2D eigenvalue weighted by Crippen LogP contribution is -2.45. The van der Waals surface area contributed by atoms with Gasteiger partial charge in [0.05, 0.1) is 0 Å². The molecule has 0 saturated carbocycles. The molecule has 1 rings (SSSR count). The highest BCUT2D eigenvalue weighted by Crippen LogP contribution is 2.13. The Kier molecular flexibility index (Phi) is 5.33. The molecule has 1 aromatic rings. The molecule has 0 saturated heterocycles. The van der Waals surface area contributed by atoms with Crippen molar-refractivity contribution in [3.63, 3.8) is 0 Å². The molecule has 0 spiro atoms. The summed E-state index contributed by atoms with van der Waals surface area (Å²) in [5.41, 5.74) is 0.872. The number of nitrogens with one attached hydrogen (secondary N) is 1. The maximum absolute atomic E-state index is 5.83. The molecule has 1 N–H and O–H groups in total. The van der Waals surface area contributed by atoms with Crippen LogP contribution in [0.5, 0.6) is 0 Å². The second kappa shape index (κ2) is 6.04. The largest absolute Gasteiger partial charge is 0.305 e. The second-order valence-corrected chi connectivity index (χ2v) is 5.14. The van der Waals surface area contributed by atoms with Gasteiger partial charge in [-0.25, -0.2) is 0 Å². The van der Waals surface area contributed by atoms with Crippen LogP contribution in [0.1, 0.15) is 12.5 Å². The molecule has 0 aliphatic carbocycles. The predicted molar refractivity (Wildman–Crippen MR) is 68.6 cm³/mol. The molecule has 0 radical (unpaired) electrons. The van der Waals surface area contributed by atoms with E-state index in [1.807, 2.05) is 19.2 Å². The maximum Gasteiger partial charge on any atom is 0.0427 e. The molecular formula is C10H13BrCl2N2. The Morgan fingerprint density at radius 3 is 2.60 bits per heavy atom. The van der Waals surface area contributed by atoms with Crippen LogP contribution in [0.3, 0.4) is 0 Å². The molecule has 0 fully saturated rings. The Morgan fingerprint density at radius 2 is 2.07 bits per heavy atom. The van der Waals surface area contributed by atoms with Gasteiger partial charge in [0.2, 0.25) is 0 Å². The van der Waals surface area contributed by atoms with Crippen molar-refractivity contribution in [1.82, 2.24) is 10.3 Å². The Balaban J connectivity index is 2.56. The van der Waals surface area contributed by atoms with Crippen molar-refractivity contribution in [3.8, 4) is 0 Å². The van der Waals surface area contributed by atoms with E-state index in [0.717, 1.165) is 10.0 Å². The third kappa shape index (κ3) is 4.27. The molecule has 0 bridgehead atoms. The fourth-order valence-corrected chi connectivity index (χ4v) is 1.89. The quantitative estimate of drug-likeness (QED) is 0.845. The van der Waals surface area contributed by atoms with Crippen LogP contribution in [-0.4, -0.2) is 22.3 Å². The number of aromatic nitrogens is 1. The van der Waals surface area contributed by atoms with Gasteiger partial charge in [-0.15, -0.1) is 23.2 Å². The maximum atomic E-state index is 5.83. The van der Waals surface area contributed by atoms with Crippen LogP contribution in [0.15, 0.2) is 22.9 Å². The van der Waals surface area contributed by atoms with Gasteiger partial charge in [0.1, 0.15) is 0 Å². The topological polar surface area (TPSA) is 24.9 Å². The fourth-order valence-electron chi connectivity index (χ4n) is 0.998. The average Bonchev–Trinajstić information content (AvgIpc) is 2.26. The van der Waals surface area contributed by atoms with Crippen LogP contribution in [0.2, 0.25) is 0 Å². The number of halogens is 3. The third-order valence-electron chi connectivity index (χ3n) is 2.07. The summed E-state index contributed by atoms with van der Waals surface area (Å²) in [6.07, 6.45) is 3.58. The molecule has 1 aromatic heterocycles. The molecule has 0 amide bonds. The first-order valence-corrected chi connectivity index (χ1v) is 6.42. The number of rotatable bonds is 5. The predicted octanol–water partition coefficient (Wildman–Crippen LogP) is 3.17. The molecule has 15 heavy (non-hydrogen) atoms. The van der Waals surface area contributed by atoms with E-state index in [2.05, 4.69) is 26.2 Å². The van der Waals surface area contributed by atoms with Crippen LogP contribution < -0.4 is 5.32 Å². The molecule has 2 nitrogen and oxygen atoms in total. The van der Waals surface area contributed by atoms with Crippen molar-refractivity contribution < 1.29 is 0 Å². The van der Waals surface area contributed by atoms with Crippen molar-refractivity contribution in [1.29, 1.82) is 0 Å². The van der Waals surface area contributed by atoms with Gasteiger partial charge < -0.3 is 5.32 Å². The first kappa shape index (κ1) is 13.2. The lowest BCUT2D eigenvalue weighted by Gasteiger charge is -2.26. The van der Waals surface area contributed by atoms with Gasteiger partial charge in [0.15, 0.2) is 0 Å². The minimum absolute atomic E-state index is 0.231. The molecule has 1 heterocycles. The van der Waals surface area contributed by atoms with Gasteiger partial charge >= 0.3 is 0 Å². The molecule has 0 atom stereocenters. The van der Waals surface area contributed by atoms with Gasteiger partial charge in [-0.2, -0.15) is 0 Å². The van der Waals surface area contributed by atoms with E-state index in [1.54, 1.807) is 6.20 Å². The summed E-state index contributed by atoms with van der Waals surface area (Å²) in [4.78, 5) is 4.08. The first-order valence-electron chi connectivity index (χ1n) is 4.56. The highest BCUT2D eigenvalue weighted by molar-refractivity contribution is 9.10. The Bertz CT molecular complexity index is 316.